The van der Waals surface area contributed by atoms with E-state index >= 15 is 0 Å². The molecular weight excluding hydrogens is 513 g/mol. The molecule has 0 aliphatic heterocycles. The molecule has 2 aromatic heterocycles. The largest absolute Gasteiger partial charge is 0.573 e. The lowest BCUT2D eigenvalue weighted by molar-refractivity contribution is -0.274. The summed E-state index contributed by atoms with van der Waals surface area (Å²) in [5, 5.41) is 15.0. The zero-order valence-corrected chi connectivity index (χ0v) is 21.1. The third kappa shape index (κ3) is 5.42. The van der Waals surface area contributed by atoms with Gasteiger partial charge in [-0.25, -0.2) is 4.98 Å². The van der Waals surface area contributed by atoms with Crippen LogP contribution in [0.4, 0.5) is 19.0 Å². The number of benzene rings is 3. The second-order valence-electron chi connectivity index (χ2n) is 8.48. The van der Waals surface area contributed by atoms with Gasteiger partial charge < -0.3 is 10.1 Å². The van der Waals surface area contributed by atoms with Crippen molar-refractivity contribution in [1.29, 1.82) is 0 Å². The molecule has 0 fully saturated rings. The molecule has 0 amide bonds. The van der Waals surface area contributed by atoms with Gasteiger partial charge in [0.15, 0.2) is 5.11 Å². The van der Waals surface area contributed by atoms with E-state index in [0.717, 1.165) is 44.1 Å². The molecule has 0 saturated heterocycles. The Hall–Kier alpha value is -4.51. The van der Waals surface area contributed by atoms with Gasteiger partial charge in [-0.15, -0.1) is 13.2 Å². The van der Waals surface area contributed by atoms with E-state index < -0.39 is 6.36 Å². The monoisotopic (exact) mass is 534 g/mol. The lowest BCUT2D eigenvalue weighted by Gasteiger charge is -2.09. The van der Waals surface area contributed by atoms with Crippen LogP contribution in [-0.4, -0.2) is 32.5 Å². The highest BCUT2D eigenvalue weighted by molar-refractivity contribution is 7.80. The molecular formula is C27H21F3N6OS. The van der Waals surface area contributed by atoms with Gasteiger partial charge in [0, 0.05) is 29.6 Å². The Labute approximate surface area is 220 Å². The van der Waals surface area contributed by atoms with Gasteiger partial charge in [0.2, 0.25) is 0 Å². The third-order valence-corrected chi connectivity index (χ3v) is 6.02. The quantitative estimate of drug-likeness (QED) is 0.156. The van der Waals surface area contributed by atoms with Crippen molar-refractivity contribution in [2.75, 3.05) is 5.32 Å². The molecule has 11 heteroatoms. The van der Waals surface area contributed by atoms with Crippen LogP contribution in [0, 0.1) is 6.92 Å². The first-order valence-corrected chi connectivity index (χ1v) is 11.9. The standard InChI is InChI=1S/C27H21F3N6OS/c1-16-4-3-13-31-25(16)33-26(38)34-32-15-17-5-11-21-19(14-17)8-12-22-23(21)35-36(2)24(22)18-6-9-20(10-7-18)37-27(28,29)30/h3-15H,1-2H3,(H2,31,33,34,38). The van der Waals surface area contributed by atoms with Gasteiger partial charge in [-0.05, 0) is 78.1 Å². The third-order valence-electron chi connectivity index (χ3n) is 5.83. The molecule has 5 rings (SSSR count). The molecule has 0 radical (unpaired) electrons. The second-order valence-corrected chi connectivity index (χ2v) is 8.89. The molecule has 2 heterocycles. The number of nitrogens with zero attached hydrogens (tertiary/aromatic N) is 4. The first-order valence-electron chi connectivity index (χ1n) is 11.5. The van der Waals surface area contributed by atoms with Crippen molar-refractivity contribution in [3.63, 3.8) is 0 Å². The lowest BCUT2D eigenvalue weighted by atomic mass is 10.0. The number of alkyl halides is 3. The van der Waals surface area contributed by atoms with Gasteiger partial charge in [-0.2, -0.15) is 10.2 Å². The van der Waals surface area contributed by atoms with Crippen molar-refractivity contribution in [3.05, 3.63) is 84.1 Å². The number of fused-ring (bicyclic) bond motifs is 3. The highest BCUT2D eigenvalue weighted by Crippen LogP contribution is 2.34. The summed E-state index contributed by atoms with van der Waals surface area (Å²) in [6.07, 6.45) is -1.39. The van der Waals surface area contributed by atoms with Crippen molar-refractivity contribution in [2.45, 2.75) is 13.3 Å². The Morgan fingerprint density at radius 1 is 1.05 bits per heavy atom. The van der Waals surface area contributed by atoms with E-state index in [1.807, 2.05) is 49.4 Å². The van der Waals surface area contributed by atoms with E-state index in [4.69, 9.17) is 12.2 Å². The maximum atomic E-state index is 12.5. The molecule has 192 valence electrons. The average molecular weight is 535 g/mol. The molecule has 38 heavy (non-hydrogen) atoms. The van der Waals surface area contributed by atoms with E-state index in [1.54, 1.807) is 36.3 Å². The number of rotatable bonds is 5. The fraction of sp³-hybridized carbons (Fsp3) is 0.111. The lowest BCUT2D eigenvalue weighted by Crippen LogP contribution is -2.24. The van der Waals surface area contributed by atoms with Crippen molar-refractivity contribution < 1.29 is 17.9 Å². The van der Waals surface area contributed by atoms with Crippen molar-refractivity contribution in [3.8, 4) is 17.0 Å². The minimum absolute atomic E-state index is 0.273. The summed E-state index contributed by atoms with van der Waals surface area (Å²) in [6.45, 7) is 1.93. The molecule has 0 saturated carbocycles. The zero-order valence-electron chi connectivity index (χ0n) is 20.2. The van der Waals surface area contributed by atoms with Gasteiger partial charge in [0.25, 0.3) is 0 Å². The molecule has 0 bridgehead atoms. The fourth-order valence-corrected chi connectivity index (χ4v) is 4.31. The SMILES string of the molecule is Cc1cccnc1NC(=S)NN=Cc1ccc2c(ccc3c(-c4ccc(OC(F)(F)F)cc4)n(C)nc32)c1. The predicted molar refractivity (Wildman–Crippen MR) is 146 cm³/mol. The fourth-order valence-electron chi connectivity index (χ4n) is 4.16. The molecule has 0 atom stereocenters. The summed E-state index contributed by atoms with van der Waals surface area (Å²) in [6, 6.07) is 19.3. The van der Waals surface area contributed by atoms with Crippen LogP contribution < -0.4 is 15.5 Å². The number of pyridine rings is 1. The van der Waals surface area contributed by atoms with Crippen molar-refractivity contribution in [1.82, 2.24) is 20.2 Å². The first-order chi connectivity index (χ1) is 18.2. The number of hydrogen-bond donors (Lipinski definition) is 2. The van der Waals surface area contributed by atoms with Crippen LogP contribution in [0.25, 0.3) is 32.9 Å². The highest BCUT2D eigenvalue weighted by Gasteiger charge is 2.31. The minimum Gasteiger partial charge on any atom is -0.406 e. The molecule has 7 nitrogen and oxygen atoms in total. The maximum absolute atomic E-state index is 12.5. The Bertz CT molecular complexity index is 1680. The van der Waals surface area contributed by atoms with Gasteiger partial charge in [-0.3, -0.25) is 10.1 Å². The van der Waals surface area contributed by atoms with E-state index in [1.165, 1.54) is 12.1 Å². The van der Waals surface area contributed by atoms with Gasteiger partial charge in [-0.1, -0.05) is 24.3 Å². The van der Waals surface area contributed by atoms with E-state index in [2.05, 4.69) is 30.7 Å². The number of halogens is 3. The van der Waals surface area contributed by atoms with Crippen LogP contribution in [0.15, 0.2) is 78.0 Å². The van der Waals surface area contributed by atoms with Gasteiger partial charge in [0.05, 0.1) is 11.9 Å². The molecule has 0 spiro atoms. The predicted octanol–water partition coefficient (Wildman–Crippen LogP) is 6.32. The smallest absolute Gasteiger partial charge is 0.406 e. The number of ether oxygens (including phenoxy) is 1. The number of aryl methyl sites for hydroxylation is 2. The van der Waals surface area contributed by atoms with Crippen molar-refractivity contribution >= 4 is 51.0 Å². The zero-order chi connectivity index (χ0) is 26.9. The van der Waals surface area contributed by atoms with Crippen LogP contribution in [0.5, 0.6) is 5.75 Å². The van der Waals surface area contributed by atoms with Crippen LogP contribution in [0.3, 0.4) is 0 Å². The van der Waals surface area contributed by atoms with Crippen LogP contribution in [-0.2, 0) is 7.05 Å². The Morgan fingerprint density at radius 2 is 1.82 bits per heavy atom. The average Bonchev–Trinajstić information content (AvgIpc) is 3.21. The van der Waals surface area contributed by atoms with Crippen molar-refractivity contribution in [2.24, 2.45) is 12.1 Å². The molecule has 0 unspecified atom stereocenters. The first kappa shape index (κ1) is 25.2. The maximum Gasteiger partial charge on any atom is 0.573 e. The van der Waals surface area contributed by atoms with E-state index in [9.17, 15) is 13.2 Å². The Kier molecular flexibility index (Phi) is 6.68. The number of aromatic nitrogens is 3. The number of hydrazone groups is 1. The molecule has 5 aromatic rings. The van der Waals surface area contributed by atoms with E-state index in [-0.39, 0.29) is 5.75 Å². The molecule has 3 aromatic carbocycles. The summed E-state index contributed by atoms with van der Waals surface area (Å²) in [5.74, 6) is 0.389. The van der Waals surface area contributed by atoms with Crippen LogP contribution in [0.2, 0.25) is 0 Å². The molecule has 0 aliphatic rings. The van der Waals surface area contributed by atoms with E-state index in [0.29, 0.717) is 10.9 Å². The summed E-state index contributed by atoms with van der Waals surface area (Å²) >= 11 is 5.28. The second kappa shape index (κ2) is 10.1. The summed E-state index contributed by atoms with van der Waals surface area (Å²) in [7, 11) is 1.80. The van der Waals surface area contributed by atoms with Gasteiger partial charge >= 0.3 is 6.36 Å². The molecule has 2 N–H and O–H groups in total. The summed E-state index contributed by atoms with van der Waals surface area (Å²) < 4.78 is 43.2. The number of hydrogen-bond acceptors (Lipinski definition) is 5. The topological polar surface area (TPSA) is 76.4 Å². The van der Waals surface area contributed by atoms with Crippen LogP contribution in [0.1, 0.15) is 11.1 Å². The minimum atomic E-state index is -4.74. The normalized spacial score (nSPS) is 11.8. The summed E-state index contributed by atoms with van der Waals surface area (Å²) in [4.78, 5) is 4.24. The highest BCUT2D eigenvalue weighted by atomic mass is 32.1. The number of nitrogens with one attached hydrogen (secondary N) is 2. The van der Waals surface area contributed by atoms with Gasteiger partial charge in [0.1, 0.15) is 17.1 Å². The Morgan fingerprint density at radius 3 is 2.55 bits per heavy atom. The molecule has 0 aliphatic carbocycles. The number of thiocarbonyl (C=S) groups is 1. The summed E-state index contributed by atoms with van der Waals surface area (Å²) in [5.41, 5.74) is 6.92. The Balaban J connectivity index is 1.36. The number of anilines is 1. The van der Waals surface area contributed by atoms with Crippen LogP contribution >= 0.6 is 12.2 Å².